The topological polar surface area (TPSA) is 9.23 Å². The third kappa shape index (κ3) is 6.53. The van der Waals surface area contributed by atoms with Crippen molar-refractivity contribution in [2.75, 3.05) is 6.61 Å². The summed E-state index contributed by atoms with van der Waals surface area (Å²) < 4.78 is 5.45. The van der Waals surface area contributed by atoms with Gasteiger partial charge in [-0.25, -0.2) is 0 Å². The summed E-state index contributed by atoms with van der Waals surface area (Å²) in [6.45, 7) is 4.98. The molecular formula is C22H30O. The lowest BCUT2D eigenvalue weighted by molar-refractivity contribution is 0.340. The van der Waals surface area contributed by atoms with Gasteiger partial charge in [0.05, 0.1) is 6.61 Å². The van der Waals surface area contributed by atoms with Gasteiger partial charge in [-0.2, -0.15) is 0 Å². The zero-order chi connectivity index (χ0) is 16.3. The second kappa shape index (κ2) is 10.2. The summed E-state index contributed by atoms with van der Waals surface area (Å²) in [5, 5.41) is 0. The van der Waals surface area contributed by atoms with Crippen LogP contribution in [0.2, 0.25) is 0 Å². The molecule has 1 aliphatic rings. The summed E-state index contributed by atoms with van der Waals surface area (Å²) in [4.78, 5) is 0. The highest BCUT2D eigenvalue weighted by molar-refractivity contribution is 5.43. The van der Waals surface area contributed by atoms with Gasteiger partial charge in [0.25, 0.3) is 0 Å². The maximum absolute atomic E-state index is 5.45. The van der Waals surface area contributed by atoms with Crippen molar-refractivity contribution in [3.63, 3.8) is 0 Å². The first-order chi connectivity index (χ1) is 11.3. The van der Waals surface area contributed by atoms with E-state index in [1.807, 2.05) is 31.2 Å². The number of benzene rings is 1. The maximum atomic E-state index is 5.45. The van der Waals surface area contributed by atoms with Crippen LogP contribution >= 0.6 is 0 Å². The van der Waals surface area contributed by atoms with Crippen molar-refractivity contribution in [2.45, 2.75) is 65.2 Å². The van der Waals surface area contributed by atoms with E-state index in [0.717, 1.165) is 23.7 Å². The molecule has 1 aromatic rings. The molecule has 2 rings (SSSR count). The summed E-state index contributed by atoms with van der Waals surface area (Å²) in [6.07, 6.45) is 13.0. The van der Waals surface area contributed by atoms with Gasteiger partial charge in [-0.05, 0) is 61.9 Å². The Morgan fingerprint density at radius 2 is 1.87 bits per heavy atom. The zero-order valence-electron chi connectivity index (χ0n) is 14.7. The highest BCUT2D eigenvalue weighted by Gasteiger charge is 2.12. The molecule has 1 nitrogen and oxygen atoms in total. The van der Waals surface area contributed by atoms with Crippen molar-refractivity contribution in [3.05, 3.63) is 41.5 Å². The lowest BCUT2D eigenvalue weighted by Gasteiger charge is -2.19. The van der Waals surface area contributed by atoms with Crippen LogP contribution in [0.25, 0.3) is 0 Å². The normalized spacial score (nSPS) is 17.1. The standard InChI is InChI=1S/C22H30O/c1-3-5-6-7-8-19-9-11-20(12-10-19)13-14-21-15-17-22(18-16-21)23-4-2/h11,15-19H,3-10,12H2,1-2H3. The lowest BCUT2D eigenvalue weighted by Crippen LogP contribution is -2.05. The predicted octanol–water partition coefficient (Wildman–Crippen LogP) is 6.13. The Kier molecular flexibility index (Phi) is 7.81. The fourth-order valence-electron chi connectivity index (χ4n) is 3.08. The number of unbranched alkanes of at least 4 members (excludes halogenated alkanes) is 3. The molecular weight excluding hydrogens is 280 g/mol. The van der Waals surface area contributed by atoms with E-state index in [1.165, 1.54) is 50.5 Å². The minimum absolute atomic E-state index is 0.706. The number of rotatable bonds is 7. The van der Waals surface area contributed by atoms with Crippen LogP contribution < -0.4 is 4.74 Å². The van der Waals surface area contributed by atoms with E-state index in [1.54, 1.807) is 0 Å². The van der Waals surface area contributed by atoms with E-state index < -0.39 is 0 Å². The van der Waals surface area contributed by atoms with Gasteiger partial charge in [0.15, 0.2) is 0 Å². The van der Waals surface area contributed by atoms with Gasteiger partial charge in [-0.15, -0.1) is 0 Å². The molecule has 1 unspecified atom stereocenters. The summed E-state index contributed by atoms with van der Waals surface area (Å²) in [5.41, 5.74) is 2.39. The fourth-order valence-corrected chi connectivity index (χ4v) is 3.08. The molecule has 0 heterocycles. The van der Waals surface area contributed by atoms with Crippen LogP contribution in [0.5, 0.6) is 5.75 Å². The first kappa shape index (κ1) is 17.7. The molecule has 0 aliphatic heterocycles. The van der Waals surface area contributed by atoms with E-state index in [9.17, 15) is 0 Å². The average Bonchev–Trinajstić information content (AvgIpc) is 2.59. The van der Waals surface area contributed by atoms with Gasteiger partial charge in [-0.1, -0.05) is 56.9 Å². The van der Waals surface area contributed by atoms with Crippen molar-refractivity contribution in [1.29, 1.82) is 0 Å². The molecule has 0 bridgehead atoms. The quantitative estimate of drug-likeness (QED) is 0.434. The summed E-state index contributed by atoms with van der Waals surface area (Å²) in [6, 6.07) is 8.07. The highest BCUT2D eigenvalue weighted by atomic mass is 16.5. The van der Waals surface area contributed by atoms with Crippen molar-refractivity contribution >= 4 is 0 Å². The van der Waals surface area contributed by atoms with Gasteiger partial charge in [0.1, 0.15) is 5.75 Å². The smallest absolute Gasteiger partial charge is 0.119 e. The monoisotopic (exact) mass is 310 g/mol. The van der Waals surface area contributed by atoms with Crippen LogP contribution in [-0.2, 0) is 0 Å². The van der Waals surface area contributed by atoms with Crippen molar-refractivity contribution < 1.29 is 4.74 Å². The number of allylic oxidation sites excluding steroid dienone is 2. The molecule has 0 saturated carbocycles. The Bertz CT molecular complexity index is 542. The highest BCUT2D eigenvalue weighted by Crippen LogP contribution is 2.27. The second-order valence-electron chi connectivity index (χ2n) is 6.43. The number of hydrogen-bond donors (Lipinski definition) is 0. The molecule has 1 atom stereocenters. The van der Waals surface area contributed by atoms with E-state index in [2.05, 4.69) is 24.8 Å². The van der Waals surface area contributed by atoms with E-state index in [4.69, 9.17) is 4.74 Å². The summed E-state index contributed by atoms with van der Waals surface area (Å²) in [5.74, 6) is 8.45. The largest absolute Gasteiger partial charge is 0.494 e. The molecule has 0 N–H and O–H groups in total. The van der Waals surface area contributed by atoms with Gasteiger partial charge in [-0.3, -0.25) is 0 Å². The van der Waals surface area contributed by atoms with Crippen LogP contribution in [-0.4, -0.2) is 6.61 Å². The number of hydrogen-bond acceptors (Lipinski definition) is 1. The van der Waals surface area contributed by atoms with Gasteiger partial charge in [0, 0.05) is 5.56 Å². The molecule has 0 radical (unpaired) electrons. The Balaban J connectivity index is 1.79. The van der Waals surface area contributed by atoms with E-state index >= 15 is 0 Å². The SMILES string of the molecule is CCCCCCC1CC=C(C#Cc2ccc(OCC)cc2)CC1. The van der Waals surface area contributed by atoms with Crippen LogP contribution in [0.4, 0.5) is 0 Å². The maximum Gasteiger partial charge on any atom is 0.119 e. The molecule has 0 saturated heterocycles. The molecule has 0 fully saturated rings. The van der Waals surface area contributed by atoms with Crippen LogP contribution in [0.15, 0.2) is 35.9 Å². The molecule has 1 aromatic carbocycles. The molecule has 23 heavy (non-hydrogen) atoms. The van der Waals surface area contributed by atoms with Crippen LogP contribution in [0.1, 0.15) is 70.8 Å². The molecule has 0 aromatic heterocycles. The molecule has 1 aliphatic carbocycles. The van der Waals surface area contributed by atoms with Crippen molar-refractivity contribution in [2.24, 2.45) is 5.92 Å². The summed E-state index contributed by atoms with van der Waals surface area (Å²) >= 11 is 0. The fraction of sp³-hybridized carbons (Fsp3) is 0.545. The van der Waals surface area contributed by atoms with Gasteiger partial charge < -0.3 is 4.74 Å². The Morgan fingerprint density at radius 3 is 2.52 bits per heavy atom. The predicted molar refractivity (Wildman–Crippen MR) is 98.7 cm³/mol. The van der Waals surface area contributed by atoms with Gasteiger partial charge >= 0.3 is 0 Å². The Hall–Kier alpha value is -1.68. The van der Waals surface area contributed by atoms with Gasteiger partial charge in [0.2, 0.25) is 0 Å². The molecule has 0 amide bonds. The van der Waals surface area contributed by atoms with Crippen LogP contribution in [0.3, 0.4) is 0 Å². The first-order valence-electron chi connectivity index (χ1n) is 9.25. The zero-order valence-corrected chi connectivity index (χ0v) is 14.7. The second-order valence-corrected chi connectivity index (χ2v) is 6.43. The minimum atomic E-state index is 0.706. The number of ether oxygens (including phenoxy) is 1. The molecule has 0 spiro atoms. The van der Waals surface area contributed by atoms with Crippen molar-refractivity contribution in [1.82, 2.24) is 0 Å². The third-order valence-electron chi connectivity index (χ3n) is 4.52. The lowest BCUT2D eigenvalue weighted by atomic mass is 9.86. The molecule has 1 heteroatoms. The summed E-state index contributed by atoms with van der Waals surface area (Å²) in [7, 11) is 0. The van der Waals surface area contributed by atoms with Crippen molar-refractivity contribution in [3.8, 4) is 17.6 Å². The third-order valence-corrected chi connectivity index (χ3v) is 4.52. The van der Waals surface area contributed by atoms with Crippen LogP contribution in [0, 0.1) is 17.8 Å². The Morgan fingerprint density at radius 1 is 1.04 bits per heavy atom. The first-order valence-corrected chi connectivity index (χ1v) is 9.25. The average molecular weight is 310 g/mol. The van der Waals surface area contributed by atoms with E-state index in [0.29, 0.717) is 6.61 Å². The Labute approximate surface area is 142 Å². The molecule has 124 valence electrons. The van der Waals surface area contributed by atoms with E-state index in [-0.39, 0.29) is 0 Å². The minimum Gasteiger partial charge on any atom is -0.494 e.